The van der Waals surface area contributed by atoms with Crippen LogP contribution in [-0.2, 0) is 4.74 Å². The topological polar surface area (TPSA) is 21.3 Å². The highest BCUT2D eigenvalue weighted by atomic mass is 16.5. The molecule has 0 saturated heterocycles. The van der Waals surface area contributed by atoms with Crippen LogP contribution in [0.3, 0.4) is 0 Å². The van der Waals surface area contributed by atoms with Crippen molar-refractivity contribution in [1.82, 2.24) is 0 Å². The van der Waals surface area contributed by atoms with Crippen LogP contribution in [0, 0.1) is 6.92 Å². The fourth-order valence-electron chi connectivity index (χ4n) is 2.01. The van der Waals surface area contributed by atoms with E-state index in [1.54, 1.807) is 7.11 Å². The van der Waals surface area contributed by atoms with Crippen LogP contribution in [0.25, 0.3) is 0 Å². The Morgan fingerprint density at radius 1 is 1.06 bits per heavy atom. The van der Waals surface area contributed by atoms with Crippen molar-refractivity contribution in [1.29, 1.82) is 0 Å². The molecule has 0 aliphatic carbocycles. The first-order valence-corrected chi connectivity index (χ1v) is 6.16. The molecule has 0 aliphatic rings. The van der Waals surface area contributed by atoms with E-state index < -0.39 is 0 Å². The molecule has 94 valence electrons. The van der Waals surface area contributed by atoms with E-state index in [1.807, 2.05) is 6.07 Å². The zero-order valence-electron chi connectivity index (χ0n) is 10.9. The lowest BCUT2D eigenvalue weighted by Gasteiger charge is -2.20. The molecule has 1 unspecified atom stereocenters. The second kappa shape index (κ2) is 6.22. The van der Waals surface area contributed by atoms with Crippen LogP contribution in [0.15, 0.2) is 54.6 Å². The molecule has 1 N–H and O–H groups in total. The Hall–Kier alpha value is -1.80. The molecule has 0 fully saturated rings. The molecule has 18 heavy (non-hydrogen) atoms. The highest BCUT2D eigenvalue weighted by molar-refractivity contribution is 5.47. The molecule has 0 heterocycles. The minimum atomic E-state index is 0.179. The molecule has 0 amide bonds. The first-order chi connectivity index (χ1) is 8.79. The lowest BCUT2D eigenvalue weighted by atomic mass is 10.1. The molecule has 1 atom stereocenters. The summed E-state index contributed by atoms with van der Waals surface area (Å²) in [6, 6.07) is 18.9. The van der Waals surface area contributed by atoms with Crippen LogP contribution in [-0.4, -0.2) is 13.7 Å². The van der Waals surface area contributed by atoms with Crippen molar-refractivity contribution >= 4 is 5.69 Å². The predicted octanol–water partition coefficient (Wildman–Crippen LogP) is 3.79. The molecule has 2 aromatic rings. The lowest BCUT2D eigenvalue weighted by molar-refractivity contribution is 0.186. The van der Waals surface area contributed by atoms with Gasteiger partial charge in [-0.25, -0.2) is 0 Å². The van der Waals surface area contributed by atoms with Gasteiger partial charge in [0.05, 0.1) is 12.6 Å². The summed E-state index contributed by atoms with van der Waals surface area (Å²) in [6.07, 6.45) is 0. The zero-order valence-corrected chi connectivity index (χ0v) is 10.9. The van der Waals surface area contributed by atoms with E-state index in [-0.39, 0.29) is 6.04 Å². The van der Waals surface area contributed by atoms with Gasteiger partial charge < -0.3 is 10.1 Å². The summed E-state index contributed by atoms with van der Waals surface area (Å²) in [5, 5.41) is 3.51. The molecule has 0 aliphatic heterocycles. The Bertz CT molecular complexity index is 481. The number of nitrogens with one attached hydrogen (secondary N) is 1. The Morgan fingerprint density at radius 3 is 2.50 bits per heavy atom. The van der Waals surface area contributed by atoms with Crippen molar-refractivity contribution in [3.05, 3.63) is 65.7 Å². The molecule has 2 aromatic carbocycles. The van der Waals surface area contributed by atoms with Crippen LogP contribution in [0.1, 0.15) is 17.2 Å². The van der Waals surface area contributed by atoms with Gasteiger partial charge in [0.2, 0.25) is 0 Å². The number of anilines is 1. The maximum Gasteiger partial charge on any atom is 0.0747 e. The third-order valence-corrected chi connectivity index (χ3v) is 2.89. The number of hydrogen-bond donors (Lipinski definition) is 1. The van der Waals surface area contributed by atoms with E-state index in [4.69, 9.17) is 4.74 Å². The number of aryl methyl sites for hydroxylation is 1. The minimum absolute atomic E-state index is 0.179. The normalized spacial score (nSPS) is 12.1. The van der Waals surface area contributed by atoms with Gasteiger partial charge in [-0.3, -0.25) is 0 Å². The minimum Gasteiger partial charge on any atom is -0.382 e. The summed E-state index contributed by atoms with van der Waals surface area (Å²) in [5.74, 6) is 0. The molecule has 2 rings (SSSR count). The second-order valence-electron chi connectivity index (χ2n) is 4.43. The van der Waals surface area contributed by atoms with Gasteiger partial charge in [0.1, 0.15) is 0 Å². The average Bonchev–Trinajstić information content (AvgIpc) is 2.39. The van der Waals surface area contributed by atoms with Gasteiger partial charge in [-0.15, -0.1) is 0 Å². The van der Waals surface area contributed by atoms with Gasteiger partial charge in [0.25, 0.3) is 0 Å². The number of hydrogen-bond acceptors (Lipinski definition) is 2. The summed E-state index contributed by atoms with van der Waals surface area (Å²) >= 11 is 0. The van der Waals surface area contributed by atoms with E-state index in [0.29, 0.717) is 6.61 Å². The van der Waals surface area contributed by atoms with Gasteiger partial charge in [0.15, 0.2) is 0 Å². The molecule has 0 saturated carbocycles. The summed E-state index contributed by atoms with van der Waals surface area (Å²) in [7, 11) is 1.73. The maximum atomic E-state index is 5.30. The van der Waals surface area contributed by atoms with Gasteiger partial charge in [0, 0.05) is 12.8 Å². The second-order valence-corrected chi connectivity index (χ2v) is 4.43. The molecule has 2 heteroatoms. The fourth-order valence-corrected chi connectivity index (χ4v) is 2.01. The maximum absolute atomic E-state index is 5.30. The van der Waals surface area contributed by atoms with Crippen LogP contribution < -0.4 is 5.32 Å². The van der Waals surface area contributed by atoms with Crippen LogP contribution >= 0.6 is 0 Å². The standard InChI is InChI=1S/C16H19NO/c1-13-7-6-10-15(11-13)17-16(12-18-2)14-8-4-3-5-9-14/h3-11,16-17H,12H2,1-2H3. The van der Waals surface area contributed by atoms with Crippen molar-refractivity contribution in [3.8, 4) is 0 Å². The smallest absolute Gasteiger partial charge is 0.0747 e. The van der Waals surface area contributed by atoms with E-state index in [2.05, 4.69) is 60.8 Å². The third kappa shape index (κ3) is 3.34. The summed E-state index contributed by atoms with van der Waals surface area (Å²) < 4.78 is 5.30. The first kappa shape index (κ1) is 12.7. The fraction of sp³-hybridized carbons (Fsp3) is 0.250. The SMILES string of the molecule is COCC(Nc1cccc(C)c1)c1ccccc1. The van der Waals surface area contributed by atoms with Crippen LogP contribution in [0.2, 0.25) is 0 Å². The van der Waals surface area contributed by atoms with Crippen molar-refractivity contribution < 1.29 is 4.74 Å². The molecule has 0 aromatic heterocycles. The van der Waals surface area contributed by atoms with Crippen molar-refractivity contribution in [2.24, 2.45) is 0 Å². The first-order valence-electron chi connectivity index (χ1n) is 6.16. The summed E-state index contributed by atoms with van der Waals surface area (Å²) in [4.78, 5) is 0. The number of benzene rings is 2. The summed E-state index contributed by atoms with van der Waals surface area (Å²) in [5.41, 5.74) is 3.62. The number of methoxy groups -OCH3 is 1. The van der Waals surface area contributed by atoms with Crippen LogP contribution in [0.5, 0.6) is 0 Å². The quantitative estimate of drug-likeness (QED) is 0.859. The van der Waals surface area contributed by atoms with Gasteiger partial charge in [-0.05, 0) is 30.2 Å². The van der Waals surface area contributed by atoms with Crippen molar-refractivity contribution in [3.63, 3.8) is 0 Å². The monoisotopic (exact) mass is 241 g/mol. The van der Waals surface area contributed by atoms with Gasteiger partial charge >= 0.3 is 0 Å². The molecule has 0 radical (unpaired) electrons. The van der Waals surface area contributed by atoms with E-state index in [9.17, 15) is 0 Å². The Morgan fingerprint density at radius 2 is 1.83 bits per heavy atom. The molecular weight excluding hydrogens is 222 g/mol. The van der Waals surface area contributed by atoms with E-state index >= 15 is 0 Å². The van der Waals surface area contributed by atoms with Crippen molar-refractivity contribution in [2.45, 2.75) is 13.0 Å². The highest BCUT2D eigenvalue weighted by Gasteiger charge is 2.10. The predicted molar refractivity (Wildman–Crippen MR) is 75.9 cm³/mol. The highest BCUT2D eigenvalue weighted by Crippen LogP contribution is 2.20. The molecule has 0 bridgehead atoms. The Balaban J connectivity index is 2.16. The average molecular weight is 241 g/mol. The molecule has 0 spiro atoms. The van der Waals surface area contributed by atoms with Gasteiger partial charge in [-0.1, -0.05) is 42.5 Å². The Labute approximate surface area is 109 Å². The van der Waals surface area contributed by atoms with Gasteiger partial charge in [-0.2, -0.15) is 0 Å². The van der Waals surface area contributed by atoms with Crippen LogP contribution in [0.4, 0.5) is 5.69 Å². The Kier molecular flexibility index (Phi) is 4.37. The molecular formula is C16H19NO. The molecule has 2 nitrogen and oxygen atoms in total. The largest absolute Gasteiger partial charge is 0.382 e. The number of ether oxygens (including phenoxy) is 1. The third-order valence-electron chi connectivity index (χ3n) is 2.89. The zero-order chi connectivity index (χ0) is 12.8. The summed E-state index contributed by atoms with van der Waals surface area (Å²) in [6.45, 7) is 2.75. The van der Waals surface area contributed by atoms with Crippen molar-refractivity contribution in [2.75, 3.05) is 19.0 Å². The van der Waals surface area contributed by atoms with E-state index in [0.717, 1.165) is 5.69 Å². The number of rotatable bonds is 5. The van der Waals surface area contributed by atoms with E-state index in [1.165, 1.54) is 11.1 Å². The lowest BCUT2D eigenvalue weighted by Crippen LogP contribution is -2.16.